The van der Waals surface area contributed by atoms with E-state index in [4.69, 9.17) is 5.73 Å². The summed E-state index contributed by atoms with van der Waals surface area (Å²) in [5, 5.41) is 2.37. The number of aryl methyl sites for hydroxylation is 1. The van der Waals surface area contributed by atoms with E-state index in [9.17, 15) is 14.0 Å². The molecule has 0 spiro atoms. The van der Waals surface area contributed by atoms with Crippen molar-refractivity contribution in [3.63, 3.8) is 0 Å². The number of hydrogen-bond donors (Lipinski definition) is 2. The largest absolute Gasteiger partial charge is 0.399 e. The number of carbonyl (C=O) groups excluding carboxylic acids is 1. The van der Waals surface area contributed by atoms with E-state index in [2.05, 4.69) is 5.32 Å². The summed E-state index contributed by atoms with van der Waals surface area (Å²) in [6.45, 7) is -0.187. The van der Waals surface area contributed by atoms with Gasteiger partial charge in [-0.3, -0.25) is 9.36 Å². The Balaban J connectivity index is 2.12. The Hall–Kier alpha value is -2.57. The summed E-state index contributed by atoms with van der Waals surface area (Å²) >= 11 is 0. The topological polar surface area (TPSA) is 82.1 Å². The number of nitrogens with two attached hydrogens (primary N) is 1. The third-order valence-electron chi connectivity index (χ3n) is 2.60. The van der Waals surface area contributed by atoms with Crippen LogP contribution in [0.5, 0.6) is 0 Å². The number of anilines is 2. The number of carbonyl (C=O) groups is 1. The van der Waals surface area contributed by atoms with Crippen LogP contribution in [0.15, 0.2) is 35.4 Å². The lowest BCUT2D eigenvalue weighted by atomic mass is 10.2. The lowest BCUT2D eigenvalue weighted by molar-refractivity contribution is -0.116. The third-order valence-corrected chi connectivity index (χ3v) is 2.60. The second-order valence-electron chi connectivity index (χ2n) is 4.11. The standard InChI is InChI=1S/C12H13FN4O2/c1-16-4-5-17(12(16)19)7-11(18)15-10-6-8(14)2-3-9(10)13/h2-6H,7,14H2,1H3,(H,15,18). The number of nitrogens with zero attached hydrogens (tertiary/aromatic N) is 2. The highest BCUT2D eigenvalue weighted by Gasteiger charge is 2.09. The number of nitrogens with one attached hydrogen (secondary N) is 1. The molecule has 0 radical (unpaired) electrons. The van der Waals surface area contributed by atoms with E-state index >= 15 is 0 Å². The lowest BCUT2D eigenvalue weighted by Gasteiger charge is -2.07. The van der Waals surface area contributed by atoms with Crippen LogP contribution in [-0.4, -0.2) is 15.0 Å². The molecule has 2 rings (SSSR count). The molecule has 0 saturated heterocycles. The molecule has 0 bridgehead atoms. The molecular formula is C12H13FN4O2. The van der Waals surface area contributed by atoms with Gasteiger partial charge in [0.05, 0.1) is 5.69 Å². The molecule has 1 amide bonds. The minimum Gasteiger partial charge on any atom is -0.399 e. The third kappa shape index (κ3) is 2.82. The maximum Gasteiger partial charge on any atom is 0.328 e. The van der Waals surface area contributed by atoms with Crippen molar-refractivity contribution in [1.82, 2.24) is 9.13 Å². The van der Waals surface area contributed by atoms with Crippen molar-refractivity contribution in [2.75, 3.05) is 11.1 Å². The summed E-state index contributed by atoms with van der Waals surface area (Å²) < 4.78 is 16.0. The second kappa shape index (κ2) is 4.97. The number of benzene rings is 1. The molecule has 0 atom stereocenters. The van der Waals surface area contributed by atoms with Gasteiger partial charge in [-0.2, -0.15) is 0 Å². The van der Waals surface area contributed by atoms with Crippen molar-refractivity contribution in [3.05, 3.63) is 46.9 Å². The van der Waals surface area contributed by atoms with Crippen LogP contribution in [0.25, 0.3) is 0 Å². The first-order valence-corrected chi connectivity index (χ1v) is 5.54. The van der Waals surface area contributed by atoms with Crippen molar-refractivity contribution in [2.45, 2.75) is 6.54 Å². The van der Waals surface area contributed by atoms with Crippen LogP contribution in [0.2, 0.25) is 0 Å². The molecule has 1 aromatic carbocycles. The normalized spacial score (nSPS) is 10.4. The van der Waals surface area contributed by atoms with Crippen LogP contribution in [0.1, 0.15) is 0 Å². The van der Waals surface area contributed by atoms with Crippen molar-refractivity contribution in [2.24, 2.45) is 7.05 Å². The molecule has 0 unspecified atom stereocenters. The molecule has 19 heavy (non-hydrogen) atoms. The van der Waals surface area contributed by atoms with E-state index < -0.39 is 11.7 Å². The predicted octanol–water partition coefficient (Wildman–Crippen LogP) is 0.547. The van der Waals surface area contributed by atoms with E-state index in [1.54, 1.807) is 7.05 Å². The van der Waals surface area contributed by atoms with E-state index in [0.717, 1.165) is 0 Å². The average molecular weight is 264 g/mol. The van der Waals surface area contributed by atoms with Crippen molar-refractivity contribution in [1.29, 1.82) is 0 Å². The first-order valence-electron chi connectivity index (χ1n) is 5.54. The molecule has 1 heterocycles. The van der Waals surface area contributed by atoms with Gasteiger partial charge in [0.25, 0.3) is 0 Å². The van der Waals surface area contributed by atoms with Gasteiger partial charge in [-0.15, -0.1) is 0 Å². The van der Waals surface area contributed by atoms with E-state index in [1.165, 1.54) is 39.7 Å². The Labute approximate surface area is 108 Å². The SMILES string of the molecule is Cn1ccn(CC(=O)Nc2cc(N)ccc2F)c1=O. The Morgan fingerprint density at radius 2 is 2.16 bits per heavy atom. The molecule has 7 heteroatoms. The summed E-state index contributed by atoms with van der Waals surface area (Å²) in [4.78, 5) is 23.2. The Morgan fingerprint density at radius 1 is 1.42 bits per heavy atom. The zero-order chi connectivity index (χ0) is 14.0. The summed E-state index contributed by atoms with van der Waals surface area (Å²) in [5.74, 6) is -1.08. The van der Waals surface area contributed by atoms with E-state index in [-0.39, 0.29) is 17.9 Å². The zero-order valence-electron chi connectivity index (χ0n) is 10.3. The molecule has 0 fully saturated rings. The number of hydrogen-bond acceptors (Lipinski definition) is 3. The summed E-state index contributed by atoms with van der Waals surface area (Å²) in [6.07, 6.45) is 3.02. The van der Waals surface area contributed by atoms with E-state index in [0.29, 0.717) is 5.69 Å². The van der Waals surface area contributed by atoms with Crippen LogP contribution >= 0.6 is 0 Å². The number of aromatic nitrogens is 2. The fourth-order valence-electron chi connectivity index (χ4n) is 1.61. The number of nitrogen functional groups attached to an aromatic ring is 1. The Morgan fingerprint density at radius 3 is 2.79 bits per heavy atom. The number of halogens is 1. The van der Waals surface area contributed by atoms with Crippen LogP contribution in [-0.2, 0) is 18.4 Å². The molecule has 1 aromatic heterocycles. The number of imidazole rings is 1. The smallest absolute Gasteiger partial charge is 0.328 e. The van der Waals surface area contributed by atoms with Crippen molar-refractivity contribution < 1.29 is 9.18 Å². The van der Waals surface area contributed by atoms with Gasteiger partial charge in [0.2, 0.25) is 5.91 Å². The van der Waals surface area contributed by atoms with Crippen LogP contribution in [0.4, 0.5) is 15.8 Å². The summed E-state index contributed by atoms with van der Waals surface area (Å²) in [7, 11) is 1.58. The highest BCUT2D eigenvalue weighted by atomic mass is 19.1. The predicted molar refractivity (Wildman–Crippen MR) is 69.1 cm³/mol. The monoisotopic (exact) mass is 264 g/mol. The van der Waals surface area contributed by atoms with Gasteiger partial charge in [0.1, 0.15) is 12.4 Å². The van der Waals surface area contributed by atoms with Crippen LogP contribution in [0.3, 0.4) is 0 Å². The molecule has 0 aliphatic heterocycles. The molecule has 0 aliphatic rings. The average Bonchev–Trinajstić information content (AvgIpc) is 2.66. The van der Waals surface area contributed by atoms with Crippen molar-refractivity contribution >= 4 is 17.3 Å². The van der Waals surface area contributed by atoms with E-state index in [1.807, 2.05) is 0 Å². The Kier molecular flexibility index (Phi) is 3.37. The summed E-state index contributed by atoms with van der Waals surface area (Å²) in [5.41, 5.74) is 5.53. The zero-order valence-corrected chi connectivity index (χ0v) is 10.3. The fourth-order valence-corrected chi connectivity index (χ4v) is 1.61. The Bertz CT molecular complexity index is 675. The molecule has 0 saturated carbocycles. The maximum atomic E-state index is 13.4. The first kappa shape index (κ1) is 12.9. The van der Waals surface area contributed by atoms with Gasteiger partial charge in [-0.1, -0.05) is 0 Å². The molecule has 6 nitrogen and oxygen atoms in total. The summed E-state index contributed by atoms with van der Waals surface area (Å²) in [6, 6.07) is 3.88. The second-order valence-corrected chi connectivity index (χ2v) is 4.11. The molecule has 2 aromatic rings. The van der Waals surface area contributed by atoms with Crippen molar-refractivity contribution in [3.8, 4) is 0 Å². The van der Waals surface area contributed by atoms with Crippen LogP contribution in [0, 0.1) is 5.82 Å². The van der Waals surface area contributed by atoms with Gasteiger partial charge >= 0.3 is 5.69 Å². The molecule has 100 valence electrons. The lowest BCUT2D eigenvalue weighted by Crippen LogP contribution is -2.28. The quantitative estimate of drug-likeness (QED) is 0.794. The van der Waals surface area contributed by atoms with Gasteiger partial charge in [0.15, 0.2) is 0 Å². The number of amides is 1. The van der Waals surface area contributed by atoms with Gasteiger partial charge < -0.3 is 15.6 Å². The molecule has 3 N–H and O–H groups in total. The van der Waals surface area contributed by atoms with Gasteiger partial charge in [-0.25, -0.2) is 9.18 Å². The number of rotatable bonds is 3. The van der Waals surface area contributed by atoms with Gasteiger partial charge in [0, 0.05) is 25.1 Å². The first-order chi connectivity index (χ1) is 8.97. The highest BCUT2D eigenvalue weighted by Crippen LogP contribution is 2.17. The van der Waals surface area contributed by atoms with Crippen LogP contribution < -0.4 is 16.7 Å². The molecule has 0 aliphatic carbocycles. The highest BCUT2D eigenvalue weighted by molar-refractivity contribution is 5.91. The minimum atomic E-state index is -0.581. The minimum absolute atomic E-state index is 0.00557. The van der Waals surface area contributed by atoms with Gasteiger partial charge in [-0.05, 0) is 18.2 Å². The maximum absolute atomic E-state index is 13.4. The molecular weight excluding hydrogens is 251 g/mol. The fraction of sp³-hybridized carbons (Fsp3) is 0.167.